The normalized spacial score (nSPS) is 15.2. The second-order valence-corrected chi connectivity index (χ2v) is 10.8. The second kappa shape index (κ2) is 11.3. The zero-order chi connectivity index (χ0) is 26.5. The number of amides is 1. The number of anilines is 1. The summed E-state index contributed by atoms with van der Waals surface area (Å²) in [7, 11) is -4.17. The van der Waals surface area contributed by atoms with Gasteiger partial charge in [0.2, 0.25) is 15.9 Å². The van der Waals surface area contributed by atoms with Crippen molar-refractivity contribution in [1.82, 2.24) is 9.21 Å². The van der Waals surface area contributed by atoms with Crippen LogP contribution in [-0.2, 0) is 21.0 Å². The van der Waals surface area contributed by atoms with Gasteiger partial charge in [0.15, 0.2) is 0 Å². The van der Waals surface area contributed by atoms with Gasteiger partial charge in [-0.15, -0.1) is 0 Å². The zero-order valence-electron chi connectivity index (χ0n) is 20.1. The summed E-state index contributed by atoms with van der Waals surface area (Å²) in [5.74, 6) is -0.0635. The molecule has 0 radical (unpaired) electrons. The van der Waals surface area contributed by atoms with Gasteiger partial charge in [0.05, 0.1) is 22.1 Å². The highest BCUT2D eigenvalue weighted by Crippen LogP contribution is 2.33. The number of benzene rings is 2. The number of halogens is 3. The van der Waals surface area contributed by atoms with Crippen molar-refractivity contribution >= 4 is 21.6 Å². The van der Waals surface area contributed by atoms with Crippen LogP contribution in [0.2, 0.25) is 0 Å². The van der Waals surface area contributed by atoms with E-state index >= 15 is 0 Å². The predicted molar refractivity (Wildman–Crippen MR) is 129 cm³/mol. The molecule has 11 heteroatoms. The number of hydrogen-bond acceptors (Lipinski definition) is 5. The van der Waals surface area contributed by atoms with Crippen LogP contribution in [0, 0.1) is 11.3 Å². The lowest BCUT2D eigenvalue weighted by atomic mass is 10.0. The van der Waals surface area contributed by atoms with Crippen molar-refractivity contribution in [1.29, 1.82) is 5.26 Å². The number of likely N-dealkylation sites (tertiary alicyclic amines) is 1. The van der Waals surface area contributed by atoms with Gasteiger partial charge in [-0.25, -0.2) is 8.42 Å². The molecule has 194 valence electrons. The van der Waals surface area contributed by atoms with Crippen LogP contribution in [0.25, 0.3) is 0 Å². The molecular formula is C25H29F3N4O3S. The first-order chi connectivity index (χ1) is 16.9. The van der Waals surface area contributed by atoms with E-state index in [1.807, 2.05) is 6.07 Å². The number of carbonyl (C=O) groups is 1. The molecule has 0 saturated carbocycles. The van der Waals surface area contributed by atoms with Crippen LogP contribution >= 0.6 is 0 Å². The van der Waals surface area contributed by atoms with Crippen molar-refractivity contribution in [3.8, 4) is 6.07 Å². The number of nitriles is 1. The van der Waals surface area contributed by atoms with E-state index in [2.05, 4.69) is 5.32 Å². The number of sulfonamides is 1. The Morgan fingerprint density at radius 2 is 1.81 bits per heavy atom. The maximum Gasteiger partial charge on any atom is 0.416 e. The molecule has 0 spiro atoms. The van der Waals surface area contributed by atoms with E-state index in [1.54, 1.807) is 43.0 Å². The molecule has 0 bridgehead atoms. The summed E-state index contributed by atoms with van der Waals surface area (Å²) in [6, 6.07) is 11.8. The third-order valence-corrected chi connectivity index (χ3v) is 8.23. The van der Waals surface area contributed by atoms with Crippen molar-refractivity contribution < 1.29 is 26.4 Å². The van der Waals surface area contributed by atoms with E-state index in [0.717, 1.165) is 17.8 Å². The SMILES string of the molecule is CC(C)N(C1CCN(C(=O)CCNc2ccc(C#N)cc2)CC1)S(=O)(=O)c1cccc(C(F)(F)F)c1. The topological polar surface area (TPSA) is 93.5 Å². The molecule has 1 aliphatic heterocycles. The molecule has 1 amide bonds. The van der Waals surface area contributed by atoms with E-state index in [0.29, 0.717) is 44.1 Å². The molecule has 1 saturated heterocycles. The fourth-order valence-corrected chi connectivity index (χ4v) is 6.28. The average Bonchev–Trinajstić information content (AvgIpc) is 2.84. The monoisotopic (exact) mass is 522 g/mol. The van der Waals surface area contributed by atoms with Crippen LogP contribution in [-0.4, -0.2) is 55.2 Å². The molecule has 2 aromatic rings. The smallest absolute Gasteiger partial charge is 0.385 e. The van der Waals surface area contributed by atoms with Gasteiger partial charge in [-0.2, -0.15) is 22.7 Å². The lowest BCUT2D eigenvalue weighted by Gasteiger charge is -2.39. The van der Waals surface area contributed by atoms with E-state index in [1.165, 1.54) is 10.4 Å². The Bertz CT molecular complexity index is 1200. The van der Waals surface area contributed by atoms with E-state index in [9.17, 15) is 26.4 Å². The number of carbonyl (C=O) groups excluding carboxylic acids is 1. The lowest BCUT2D eigenvalue weighted by molar-refractivity contribution is -0.137. The zero-order valence-corrected chi connectivity index (χ0v) is 20.9. The molecule has 1 aliphatic rings. The number of nitrogens with zero attached hydrogens (tertiary/aromatic N) is 3. The number of rotatable bonds is 8. The molecular weight excluding hydrogens is 493 g/mol. The Morgan fingerprint density at radius 3 is 2.36 bits per heavy atom. The Morgan fingerprint density at radius 1 is 1.17 bits per heavy atom. The Labute approximate surface area is 209 Å². The fourth-order valence-electron chi connectivity index (χ4n) is 4.35. The first-order valence-corrected chi connectivity index (χ1v) is 13.1. The fraction of sp³-hybridized carbons (Fsp3) is 0.440. The van der Waals surface area contributed by atoms with Crippen molar-refractivity contribution in [3.05, 3.63) is 59.7 Å². The first-order valence-electron chi connectivity index (χ1n) is 11.7. The number of hydrogen-bond donors (Lipinski definition) is 1. The largest absolute Gasteiger partial charge is 0.416 e. The predicted octanol–water partition coefficient (Wildman–Crippen LogP) is 4.47. The van der Waals surface area contributed by atoms with Crippen molar-refractivity contribution in [2.24, 2.45) is 0 Å². The highest BCUT2D eigenvalue weighted by atomic mass is 32.2. The van der Waals surface area contributed by atoms with Crippen LogP contribution in [0.15, 0.2) is 53.4 Å². The van der Waals surface area contributed by atoms with Crippen molar-refractivity contribution in [3.63, 3.8) is 0 Å². The van der Waals surface area contributed by atoms with Gasteiger partial charge in [-0.05, 0) is 69.2 Å². The molecule has 0 unspecified atom stereocenters. The van der Waals surface area contributed by atoms with E-state index in [4.69, 9.17) is 5.26 Å². The minimum absolute atomic E-state index is 0.0635. The van der Waals surface area contributed by atoms with Gasteiger partial charge in [0.25, 0.3) is 0 Å². The van der Waals surface area contributed by atoms with Crippen LogP contribution < -0.4 is 5.32 Å². The molecule has 1 heterocycles. The number of alkyl halides is 3. The molecule has 3 rings (SSSR count). The molecule has 1 N–H and O–H groups in total. The summed E-state index contributed by atoms with van der Waals surface area (Å²) < 4.78 is 67.4. The summed E-state index contributed by atoms with van der Waals surface area (Å²) in [5.41, 5.74) is 0.334. The Balaban J connectivity index is 1.60. The second-order valence-electron chi connectivity index (χ2n) is 8.93. The van der Waals surface area contributed by atoms with Crippen LogP contribution in [0.5, 0.6) is 0 Å². The Kier molecular flexibility index (Phi) is 8.63. The molecule has 36 heavy (non-hydrogen) atoms. The van der Waals surface area contributed by atoms with Crippen LogP contribution in [0.4, 0.5) is 18.9 Å². The van der Waals surface area contributed by atoms with Crippen LogP contribution in [0.1, 0.15) is 44.2 Å². The lowest BCUT2D eigenvalue weighted by Crippen LogP contribution is -2.51. The summed E-state index contributed by atoms with van der Waals surface area (Å²) >= 11 is 0. The summed E-state index contributed by atoms with van der Waals surface area (Å²) in [4.78, 5) is 13.9. The number of piperidine rings is 1. The van der Waals surface area contributed by atoms with Crippen LogP contribution in [0.3, 0.4) is 0 Å². The minimum atomic E-state index is -4.64. The van der Waals surface area contributed by atoms with Gasteiger partial charge in [0, 0.05) is 43.8 Å². The van der Waals surface area contributed by atoms with E-state index in [-0.39, 0.29) is 12.3 Å². The Hall–Kier alpha value is -3.10. The third-order valence-electron chi connectivity index (χ3n) is 6.10. The maximum atomic E-state index is 13.3. The van der Waals surface area contributed by atoms with Gasteiger partial charge in [-0.1, -0.05) is 6.07 Å². The molecule has 1 fully saturated rings. The van der Waals surface area contributed by atoms with Crippen molar-refractivity contribution in [2.75, 3.05) is 25.0 Å². The van der Waals surface area contributed by atoms with E-state index < -0.39 is 38.7 Å². The molecule has 2 aromatic carbocycles. The highest BCUT2D eigenvalue weighted by Gasteiger charge is 2.38. The van der Waals surface area contributed by atoms with Gasteiger partial charge in [-0.3, -0.25) is 4.79 Å². The maximum absolute atomic E-state index is 13.3. The van der Waals surface area contributed by atoms with Gasteiger partial charge < -0.3 is 10.2 Å². The van der Waals surface area contributed by atoms with Crippen molar-refractivity contribution in [2.45, 2.75) is 56.3 Å². The van der Waals surface area contributed by atoms with Gasteiger partial charge in [0.1, 0.15) is 0 Å². The number of nitrogens with one attached hydrogen (secondary N) is 1. The van der Waals surface area contributed by atoms with Gasteiger partial charge >= 0.3 is 6.18 Å². The molecule has 0 atom stereocenters. The minimum Gasteiger partial charge on any atom is -0.385 e. The summed E-state index contributed by atoms with van der Waals surface area (Å²) in [6.07, 6.45) is -3.60. The molecule has 0 aliphatic carbocycles. The molecule has 0 aromatic heterocycles. The third kappa shape index (κ3) is 6.56. The summed E-state index contributed by atoms with van der Waals surface area (Å²) in [5, 5.41) is 12.0. The highest BCUT2D eigenvalue weighted by molar-refractivity contribution is 7.89. The quantitative estimate of drug-likeness (QED) is 0.552. The average molecular weight is 523 g/mol. The molecule has 7 nitrogen and oxygen atoms in total. The first kappa shape index (κ1) is 27.5. The standard InChI is InChI=1S/C25H29F3N4O3S/c1-18(2)32(36(34,35)23-5-3-4-20(16-23)25(26,27)28)22-11-14-31(15-12-22)24(33)10-13-30-21-8-6-19(17-29)7-9-21/h3-9,16,18,22,30H,10-15H2,1-2H3. The summed E-state index contributed by atoms with van der Waals surface area (Å²) in [6.45, 7) is 4.52.